The highest BCUT2D eigenvalue weighted by Gasteiger charge is 2.53. The summed E-state index contributed by atoms with van der Waals surface area (Å²) in [6, 6.07) is 22.7. The molecule has 0 aromatic heterocycles. The molecule has 0 unspecified atom stereocenters. The van der Waals surface area contributed by atoms with E-state index in [1.807, 2.05) is 60.7 Å². The van der Waals surface area contributed by atoms with Crippen molar-refractivity contribution in [2.24, 2.45) is 11.1 Å². The van der Waals surface area contributed by atoms with Gasteiger partial charge in [0, 0.05) is 5.92 Å². The van der Waals surface area contributed by atoms with Crippen LogP contribution in [0.5, 0.6) is 0 Å². The van der Waals surface area contributed by atoms with Crippen molar-refractivity contribution < 1.29 is 9.53 Å². The molecule has 0 bridgehead atoms. The van der Waals surface area contributed by atoms with E-state index in [1.54, 1.807) is 13.0 Å². The molecule has 2 atom stereocenters. The quantitative estimate of drug-likeness (QED) is 0.829. The number of nitrogens with two attached hydrogens (primary N) is 1. The third-order valence-electron chi connectivity index (χ3n) is 4.89. The first-order valence-corrected chi connectivity index (χ1v) is 8.91. The zero-order valence-electron chi connectivity index (χ0n) is 15.4. The molecule has 5 nitrogen and oxygen atoms in total. The van der Waals surface area contributed by atoms with Gasteiger partial charge in [-0.15, -0.1) is 0 Å². The Kier molecular flexibility index (Phi) is 5.29. The van der Waals surface area contributed by atoms with Gasteiger partial charge in [0.25, 0.3) is 0 Å². The number of benzene rings is 2. The van der Waals surface area contributed by atoms with Gasteiger partial charge in [0.05, 0.1) is 23.9 Å². The van der Waals surface area contributed by atoms with E-state index in [4.69, 9.17) is 10.5 Å². The Balaban J connectivity index is 2.32. The Bertz CT molecular complexity index is 1030. The SMILES string of the molecule is CCOC(=O)[C@@]1(C#N)C(N)=C(C#N)C(c2ccccc2)=C[C@H]1c1ccccc1. The third-order valence-corrected chi connectivity index (χ3v) is 4.89. The third kappa shape index (κ3) is 2.94. The maximum atomic E-state index is 13.0. The number of hydrogen-bond acceptors (Lipinski definition) is 5. The van der Waals surface area contributed by atoms with Crippen LogP contribution < -0.4 is 5.73 Å². The van der Waals surface area contributed by atoms with Crippen molar-refractivity contribution in [1.29, 1.82) is 10.5 Å². The highest BCUT2D eigenvalue weighted by atomic mass is 16.5. The number of carbonyl (C=O) groups excluding carboxylic acids is 1. The van der Waals surface area contributed by atoms with Gasteiger partial charge in [0.1, 0.15) is 6.07 Å². The zero-order chi connectivity index (χ0) is 20.1. The largest absolute Gasteiger partial charge is 0.464 e. The van der Waals surface area contributed by atoms with E-state index in [0.717, 1.165) is 11.1 Å². The van der Waals surface area contributed by atoms with Gasteiger partial charge in [0.2, 0.25) is 5.41 Å². The van der Waals surface area contributed by atoms with Gasteiger partial charge in [-0.05, 0) is 23.6 Å². The summed E-state index contributed by atoms with van der Waals surface area (Å²) in [5.41, 5.74) is 6.73. The Labute approximate surface area is 164 Å². The monoisotopic (exact) mass is 369 g/mol. The maximum Gasteiger partial charge on any atom is 0.333 e. The van der Waals surface area contributed by atoms with Crippen molar-refractivity contribution in [2.75, 3.05) is 6.61 Å². The van der Waals surface area contributed by atoms with Gasteiger partial charge in [0.15, 0.2) is 0 Å². The summed E-state index contributed by atoms with van der Waals surface area (Å²) in [4.78, 5) is 13.0. The fourth-order valence-electron chi connectivity index (χ4n) is 3.53. The molecular formula is C23H19N3O2. The van der Waals surface area contributed by atoms with Crippen LogP contribution in [-0.2, 0) is 9.53 Å². The van der Waals surface area contributed by atoms with Crippen LogP contribution in [0.3, 0.4) is 0 Å². The van der Waals surface area contributed by atoms with E-state index in [9.17, 15) is 15.3 Å². The molecule has 0 spiro atoms. The Morgan fingerprint density at radius 3 is 2.25 bits per heavy atom. The van der Waals surface area contributed by atoms with E-state index < -0.39 is 17.3 Å². The minimum Gasteiger partial charge on any atom is -0.464 e. The molecule has 0 heterocycles. The second-order valence-electron chi connectivity index (χ2n) is 6.38. The average molecular weight is 369 g/mol. The Hall–Kier alpha value is -3.83. The lowest BCUT2D eigenvalue weighted by Gasteiger charge is -2.36. The minimum atomic E-state index is -1.80. The van der Waals surface area contributed by atoms with E-state index in [0.29, 0.717) is 5.57 Å². The summed E-state index contributed by atoms with van der Waals surface area (Å²) in [5.74, 6) is -1.44. The van der Waals surface area contributed by atoms with Crippen molar-refractivity contribution in [3.63, 3.8) is 0 Å². The molecule has 2 N–H and O–H groups in total. The van der Waals surface area contributed by atoms with Gasteiger partial charge >= 0.3 is 5.97 Å². The van der Waals surface area contributed by atoms with Gasteiger partial charge in [-0.25, -0.2) is 4.79 Å². The molecule has 0 radical (unpaired) electrons. The molecule has 0 saturated heterocycles. The highest BCUT2D eigenvalue weighted by molar-refractivity contribution is 5.94. The Morgan fingerprint density at radius 1 is 1.11 bits per heavy atom. The number of ether oxygens (including phenoxy) is 1. The second kappa shape index (κ2) is 7.82. The molecule has 0 aliphatic heterocycles. The molecular weight excluding hydrogens is 350 g/mol. The molecule has 138 valence electrons. The Morgan fingerprint density at radius 2 is 1.71 bits per heavy atom. The number of nitrogens with zero attached hydrogens (tertiary/aromatic N) is 2. The van der Waals surface area contributed by atoms with Crippen LogP contribution in [0.4, 0.5) is 0 Å². The molecule has 2 aromatic rings. The summed E-state index contributed by atoms with van der Waals surface area (Å²) in [6.45, 7) is 1.77. The molecule has 28 heavy (non-hydrogen) atoms. The van der Waals surface area contributed by atoms with Crippen molar-refractivity contribution in [2.45, 2.75) is 12.8 Å². The smallest absolute Gasteiger partial charge is 0.333 e. The van der Waals surface area contributed by atoms with Gasteiger partial charge < -0.3 is 10.5 Å². The van der Waals surface area contributed by atoms with Gasteiger partial charge in [-0.3, -0.25) is 0 Å². The van der Waals surface area contributed by atoms with E-state index in [1.165, 1.54) is 0 Å². The lowest BCUT2D eigenvalue weighted by molar-refractivity contribution is -0.150. The average Bonchev–Trinajstić information content (AvgIpc) is 2.74. The number of rotatable bonds is 4. The van der Waals surface area contributed by atoms with E-state index in [-0.39, 0.29) is 17.9 Å². The standard InChI is InChI=1S/C23H19N3O2/c1-2-28-22(27)23(15-25)20(17-11-7-4-8-12-17)13-18(19(14-24)21(23)26)16-9-5-3-6-10-16/h3-13,20H,2,26H2,1H3/t20-,23+/m0/s1. The van der Waals surface area contributed by atoms with Gasteiger partial charge in [-0.2, -0.15) is 10.5 Å². The summed E-state index contributed by atoms with van der Waals surface area (Å²) < 4.78 is 5.22. The normalized spacial score (nSPS) is 21.2. The van der Waals surface area contributed by atoms with Crippen LogP contribution in [-0.4, -0.2) is 12.6 Å². The summed E-state index contributed by atoms with van der Waals surface area (Å²) in [5, 5.41) is 19.9. The lowest BCUT2D eigenvalue weighted by Crippen LogP contribution is -2.44. The fourth-order valence-corrected chi connectivity index (χ4v) is 3.53. The topological polar surface area (TPSA) is 99.9 Å². The van der Waals surface area contributed by atoms with Crippen LogP contribution in [0, 0.1) is 28.1 Å². The number of esters is 1. The number of nitriles is 2. The second-order valence-corrected chi connectivity index (χ2v) is 6.38. The van der Waals surface area contributed by atoms with Gasteiger partial charge in [-0.1, -0.05) is 66.7 Å². The molecule has 0 saturated carbocycles. The van der Waals surface area contributed by atoms with Crippen molar-refractivity contribution in [3.05, 3.63) is 89.1 Å². The van der Waals surface area contributed by atoms with Crippen LogP contribution in [0.2, 0.25) is 0 Å². The highest BCUT2D eigenvalue weighted by Crippen LogP contribution is 2.49. The van der Waals surface area contributed by atoms with E-state index in [2.05, 4.69) is 12.1 Å². The fraction of sp³-hybridized carbons (Fsp3) is 0.174. The van der Waals surface area contributed by atoms with Crippen LogP contribution in [0.15, 0.2) is 78.0 Å². The zero-order valence-corrected chi connectivity index (χ0v) is 15.4. The van der Waals surface area contributed by atoms with Crippen molar-refractivity contribution in [1.82, 2.24) is 0 Å². The van der Waals surface area contributed by atoms with E-state index >= 15 is 0 Å². The lowest BCUT2D eigenvalue weighted by atomic mass is 9.65. The first-order chi connectivity index (χ1) is 13.6. The molecule has 3 rings (SSSR count). The summed E-state index contributed by atoms with van der Waals surface area (Å²) in [6.07, 6.45) is 1.78. The first kappa shape index (κ1) is 18.9. The predicted molar refractivity (Wildman–Crippen MR) is 105 cm³/mol. The van der Waals surface area contributed by atoms with Crippen LogP contribution in [0.1, 0.15) is 24.0 Å². The molecule has 2 aromatic carbocycles. The van der Waals surface area contributed by atoms with Crippen LogP contribution in [0.25, 0.3) is 5.57 Å². The molecule has 1 aliphatic carbocycles. The molecule has 1 aliphatic rings. The van der Waals surface area contributed by atoms with Crippen molar-refractivity contribution >= 4 is 11.5 Å². The summed E-state index contributed by atoms with van der Waals surface area (Å²) in [7, 11) is 0. The number of carbonyl (C=O) groups is 1. The molecule has 5 heteroatoms. The van der Waals surface area contributed by atoms with Crippen molar-refractivity contribution in [3.8, 4) is 12.1 Å². The summed E-state index contributed by atoms with van der Waals surface area (Å²) >= 11 is 0. The number of hydrogen-bond donors (Lipinski definition) is 1. The minimum absolute atomic E-state index is 0.0776. The maximum absolute atomic E-state index is 13.0. The van der Waals surface area contributed by atoms with Crippen LogP contribution >= 0.6 is 0 Å². The first-order valence-electron chi connectivity index (χ1n) is 8.91. The molecule has 0 amide bonds. The molecule has 0 fully saturated rings. The number of allylic oxidation sites excluding steroid dienone is 3. The predicted octanol–water partition coefficient (Wildman–Crippen LogP) is 3.68.